The summed E-state index contributed by atoms with van der Waals surface area (Å²) >= 11 is 0. The molecule has 0 aliphatic heterocycles. The Bertz CT molecular complexity index is 294. The van der Waals surface area contributed by atoms with Gasteiger partial charge >= 0.3 is 0 Å². The third-order valence-corrected chi connectivity index (χ3v) is 2.09. The molecular weight excluding hydrogens is 177 g/mol. The van der Waals surface area contributed by atoms with Crippen molar-refractivity contribution in [2.45, 2.75) is 5.75 Å². The summed E-state index contributed by atoms with van der Waals surface area (Å²) in [6.45, 7) is 0. The molecule has 0 aliphatic carbocycles. The van der Waals surface area contributed by atoms with Gasteiger partial charge in [0, 0.05) is 28.5 Å². The lowest BCUT2D eigenvalue weighted by atomic mass is 10.2. The van der Waals surface area contributed by atoms with Crippen LogP contribution in [0.5, 0.6) is 0 Å². The molecule has 0 heterocycles. The van der Waals surface area contributed by atoms with Gasteiger partial charge in [-0.3, -0.25) is 4.21 Å². The van der Waals surface area contributed by atoms with Crippen LogP contribution in [-0.4, -0.2) is 10.5 Å². The molecule has 0 aromatic heterocycles. The van der Waals surface area contributed by atoms with Crippen LogP contribution >= 0.6 is 0 Å². The first-order valence-corrected chi connectivity index (χ1v) is 5.15. The summed E-state index contributed by atoms with van der Waals surface area (Å²) in [6.07, 6.45) is 1.57. The summed E-state index contributed by atoms with van der Waals surface area (Å²) in [6, 6.07) is 4.21. The second kappa shape index (κ2) is 3.67. The van der Waals surface area contributed by atoms with Gasteiger partial charge in [0.15, 0.2) is 0 Å². The Morgan fingerprint density at radius 1 is 1.50 bits per heavy atom. The van der Waals surface area contributed by atoms with Gasteiger partial charge in [-0.25, -0.2) is 4.39 Å². The molecule has 1 aromatic carbocycles. The van der Waals surface area contributed by atoms with E-state index < -0.39 is 10.8 Å². The third-order valence-electron chi connectivity index (χ3n) is 1.35. The Labute approximate surface area is 73.0 Å². The van der Waals surface area contributed by atoms with Crippen molar-refractivity contribution < 1.29 is 8.60 Å². The van der Waals surface area contributed by atoms with Gasteiger partial charge in [-0.1, -0.05) is 0 Å². The molecule has 12 heavy (non-hydrogen) atoms. The zero-order valence-electron chi connectivity index (χ0n) is 6.71. The molecule has 1 aromatic rings. The maximum atomic E-state index is 12.7. The van der Waals surface area contributed by atoms with Crippen LogP contribution in [0.15, 0.2) is 18.2 Å². The molecule has 4 heteroatoms. The molecule has 0 spiro atoms. The van der Waals surface area contributed by atoms with Gasteiger partial charge in [0.05, 0.1) is 0 Å². The van der Waals surface area contributed by atoms with E-state index in [9.17, 15) is 8.60 Å². The lowest BCUT2D eigenvalue weighted by Crippen LogP contribution is -1.95. The van der Waals surface area contributed by atoms with Crippen LogP contribution in [0.1, 0.15) is 5.56 Å². The fraction of sp³-hybridized carbons (Fsp3) is 0.250. The van der Waals surface area contributed by atoms with E-state index in [-0.39, 0.29) is 5.82 Å². The van der Waals surface area contributed by atoms with Crippen LogP contribution in [-0.2, 0) is 16.6 Å². The molecule has 0 radical (unpaired) electrons. The highest BCUT2D eigenvalue weighted by Crippen LogP contribution is 2.11. The van der Waals surface area contributed by atoms with Crippen molar-refractivity contribution in [2.75, 3.05) is 12.0 Å². The number of hydrogen-bond donors (Lipinski definition) is 1. The number of nitrogens with two attached hydrogens (primary N) is 1. The zero-order chi connectivity index (χ0) is 9.14. The number of halogens is 1. The van der Waals surface area contributed by atoms with Crippen LogP contribution < -0.4 is 5.73 Å². The molecule has 0 aliphatic rings. The monoisotopic (exact) mass is 187 g/mol. The Balaban J connectivity index is 2.93. The maximum Gasteiger partial charge on any atom is 0.125 e. The molecule has 0 saturated carbocycles. The Hall–Kier alpha value is -0.900. The highest BCUT2D eigenvalue weighted by Gasteiger charge is 1.99. The third kappa shape index (κ3) is 2.62. The largest absolute Gasteiger partial charge is 0.399 e. The average Bonchev–Trinajstić information content (AvgIpc) is 1.81. The highest BCUT2D eigenvalue weighted by molar-refractivity contribution is 7.83. The van der Waals surface area contributed by atoms with Crippen molar-refractivity contribution in [3.05, 3.63) is 29.6 Å². The maximum absolute atomic E-state index is 12.7. The number of anilines is 1. The first-order valence-electron chi connectivity index (χ1n) is 3.43. The van der Waals surface area contributed by atoms with Gasteiger partial charge in [-0.2, -0.15) is 0 Å². The number of benzene rings is 1. The van der Waals surface area contributed by atoms with E-state index >= 15 is 0 Å². The molecule has 0 saturated heterocycles. The standard InChI is InChI=1S/C8H10FNOS/c1-12(11)5-6-2-7(9)4-8(10)3-6/h2-4H,5,10H2,1H3. The number of hydrogen-bond acceptors (Lipinski definition) is 2. The highest BCUT2D eigenvalue weighted by atomic mass is 32.2. The van der Waals surface area contributed by atoms with Gasteiger partial charge in [0.25, 0.3) is 0 Å². The quantitative estimate of drug-likeness (QED) is 0.709. The van der Waals surface area contributed by atoms with Crippen molar-refractivity contribution >= 4 is 16.5 Å². The first-order chi connectivity index (χ1) is 5.58. The summed E-state index contributed by atoms with van der Waals surface area (Å²) in [4.78, 5) is 0. The van der Waals surface area contributed by atoms with E-state index in [0.29, 0.717) is 17.0 Å². The summed E-state index contributed by atoms with van der Waals surface area (Å²) in [5.41, 5.74) is 6.44. The molecule has 0 fully saturated rings. The minimum absolute atomic E-state index is 0.349. The fourth-order valence-electron chi connectivity index (χ4n) is 0.993. The minimum atomic E-state index is -0.955. The summed E-state index contributed by atoms with van der Waals surface area (Å²) in [5, 5.41) is 0. The Morgan fingerprint density at radius 3 is 2.67 bits per heavy atom. The Kier molecular flexibility index (Phi) is 2.81. The van der Waals surface area contributed by atoms with Crippen molar-refractivity contribution in [3.8, 4) is 0 Å². The molecule has 1 atom stereocenters. The molecular formula is C8H10FNOS. The van der Waals surface area contributed by atoms with E-state index in [0.717, 1.165) is 0 Å². The van der Waals surface area contributed by atoms with Crippen molar-refractivity contribution in [1.82, 2.24) is 0 Å². The lowest BCUT2D eigenvalue weighted by Gasteiger charge is -2.00. The fourth-order valence-corrected chi connectivity index (χ4v) is 1.63. The van der Waals surface area contributed by atoms with Gasteiger partial charge in [0.1, 0.15) is 5.82 Å². The van der Waals surface area contributed by atoms with Crippen molar-refractivity contribution in [2.24, 2.45) is 0 Å². The molecule has 2 N–H and O–H groups in total. The second-order valence-corrected chi connectivity index (χ2v) is 4.05. The SMILES string of the molecule is CS(=O)Cc1cc(N)cc(F)c1. The molecule has 1 unspecified atom stereocenters. The van der Waals surface area contributed by atoms with Crippen LogP contribution in [0.4, 0.5) is 10.1 Å². The van der Waals surface area contributed by atoms with E-state index in [1.807, 2.05) is 0 Å². The van der Waals surface area contributed by atoms with E-state index in [1.54, 1.807) is 12.3 Å². The summed E-state index contributed by atoms with van der Waals surface area (Å²) < 4.78 is 23.5. The molecule has 0 amide bonds. The van der Waals surface area contributed by atoms with Gasteiger partial charge in [0.2, 0.25) is 0 Å². The van der Waals surface area contributed by atoms with E-state index in [1.165, 1.54) is 12.1 Å². The second-order valence-electron chi connectivity index (χ2n) is 2.61. The normalized spacial score (nSPS) is 12.8. The van der Waals surface area contributed by atoms with Crippen LogP contribution in [0.3, 0.4) is 0 Å². The molecule has 2 nitrogen and oxygen atoms in total. The summed E-state index contributed by atoms with van der Waals surface area (Å²) in [7, 11) is -0.955. The summed E-state index contributed by atoms with van der Waals surface area (Å²) in [5.74, 6) is -0.0300. The van der Waals surface area contributed by atoms with Crippen molar-refractivity contribution in [3.63, 3.8) is 0 Å². The van der Waals surface area contributed by atoms with Crippen molar-refractivity contribution in [1.29, 1.82) is 0 Å². The topological polar surface area (TPSA) is 43.1 Å². The van der Waals surface area contributed by atoms with E-state index in [4.69, 9.17) is 5.73 Å². The zero-order valence-corrected chi connectivity index (χ0v) is 7.53. The molecule has 0 bridgehead atoms. The smallest absolute Gasteiger partial charge is 0.125 e. The molecule has 1 rings (SSSR count). The van der Waals surface area contributed by atoms with Crippen LogP contribution in [0.2, 0.25) is 0 Å². The first kappa shape index (κ1) is 9.19. The molecule has 66 valence electrons. The minimum Gasteiger partial charge on any atom is -0.399 e. The predicted octanol–water partition coefficient (Wildman–Crippen LogP) is 1.29. The van der Waals surface area contributed by atoms with Crippen LogP contribution in [0.25, 0.3) is 0 Å². The number of nitrogen functional groups attached to an aromatic ring is 1. The van der Waals surface area contributed by atoms with Gasteiger partial charge in [-0.15, -0.1) is 0 Å². The van der Waals surface area contributed by atoms with Gasteiger partial charge < -0.3 is 5.73 Å². The average molecular weight is 187 g/mol. The predicted molar refractivity (Wildman–Crippen MR) is 48.6 cm³/mol. The van der Waals surface area contributed by atoms with E-state index in [2.05, 4.69) is 0 Å². The van der Waals surface area contributed by atoms with Crippen LogP contribution in [0, 0.1) is 5.82 Å². The van der Waals surface area contributed by atoms with Gasteiger partial charge in [-0.05, 0) is 23.8 Å². The lowest BCUT2D eigenvalue weighted by molar-refractivity contribution is 0.627. The Morgan fingerprint density at radius 2 is 2.17 bits per heavy atom. The number of rotatable bonds is 2.